The van der Waals surface area contributed by atoms with Crippen LogP contribution in [0, 0.1) is 0 Å². The van der Waals surface area contributed by atoms with Crippen molar-refractivity contribution in [2.45, 2.75) is 18.8 Å². The number of amides is 1. The molecule has 162 valence electrons. The lowest BCUT2D eigenvalue weighted by Gasteiger charge is -2.40. The molecule has 7 heteroatoms. The predicted octanol–water partition coefficient (Wildman–Crippen LogP) is 3.94. The number of hydrogen-bond acceptors (Lipinski definition) is 6. The molecule has 0 aliphatic carbocycles. The fourth-order valence-corrected chi connectivity index (χ4v) is 5.44. The zero-order valence-corrected chi connectivity index (χ0v) is 18.8. The van der Waals surface area contributed by atoms with Crippen LogP contribution in [0.5, 0.6) is 0 Å². The lowest BCUT2D eigenvalue weighted by molar-refractivity contribution is -0.137. The van der Waals surface area contributed by atoms with Crippen LogP contribution >= 0.6 is 11.3 Å². The van der Waals surface area contributed by atoms with E-state index >= 15 is 0 Å². The molecule has 6 nitrogen and oxygen atoms in total. The Hall–Kier alpha value is -3.32. The summed E-state index contributed by atoms with van der Waals surface area (Å²) in [6, 6.07) is 20.1. The first-order valence-electron chi connectivity index (χ1n) is 10.8. The van der Waals surface area contributed by atoms with E-state index in [4.69, 9.17) is 4.98 Å². The standard InChI is InChI=1S/C25H25N5OS/c1-25(19-8-3-2-4-9-19,18-22-28-20-10-5-6-11-21(20)32-22)23(31)29-14-16-30(17-15-29)24-26-12-7-13-27-24/h2-13H,14-18H2,1H3/t25-/m0/s1. The number of hydrogen-bond donors (Lipinski definition) is 0. The quantitative estimate of drug-likeness (QED) is 0.468. The molecule has 1 aliphatic rings. The molecular formula is C25H25N5OS. The minimum Gasteiger partial charge on any atom is -0.338 e. The lowest BCUT2D eigenvalue weighted by atomic mass is 9.78. The topological polar surface area (TPSA) is 62.2 Å². The van der Waals surface area contributed by atoms with Gasteiger partial charge in [0.25, 0.3) is 0 Å². The third-order valence-corrected chi connectivity index (χ3v) is 7.16. The van der Waals surface area contributed by atoms with Gasteiger partial charge in [-0.15, -0.1) is 11.3 Å². The van der Waals surface area contributed by atoms with Gasteiger partial charge in [0.05, 0.1) is 20.6 Å². The Morgan fingerprint density at radius 3 is 2.34 bits per heavy atom. The van der Waals surface area contributed by atoms with Crippen LogP contribution in [0.2, 0.25) is 0 Å². The molecule has 0 saturated carbocycles. The van der Waals surface area contributed by atoms with Gasteiger partial charge in [0.15, 0.2) is 0 Å². The second-order valence-corrected chi connectivity index (χ2v) is 9.39. The highest BCUT2D eigenvalue weighted by Crippen LogP contribution is 2.34. The third-order valence-electron chi connectivity index (χ3n) is 6.13. The van der Waals surface area contributed by atoms with Crippen molar-refractivity contribution in [2.75, 3.05) is 31.1 Å². The van der Waals surface area contributed by atoms with Crippen LogP contribution in [0.1, 0.15) is 17.5 Å². The van der Waals surface area contributed by atoms with Crippen LogP contribution in [0.25, 0.3) is 10.2 Å². The van der Waals surface area contributed by atoms with Crippen molar-refractivity contribution in [3.05, 3.63) is 83.6 Å². The molecule has 4 aromatic rings. The maximum absolute atomic E-state index is 13.9. The minimum absolute atomic E-state index is 0.150. The monoisotopic (exact) mass is 443 g/mol. The number of carbonyl (C=O) groups excluding carboxylic acids is 1. The Morgan fingerprint density at radius 2 is 1.62 bits per heavy atom. The summed E-state index contributed by atoms with van der Waals surface area (Å²) in [6.45, 7) is 4.81. The van der Waals surface area contributed by atoms with Crippen LogP contribution in [0.3, 0.4) is 0 Å². The summed E-state index contributed by atoms with van der Waals surface area (Å²) in [5.74, 6) is 0.872. The van der Waals surface area contributed by atoms with E-state index in [1.807, 2.05) is 47.4 Å². The van der Waals surface area contributed by atoms with E-state index < -0.39 is 5.41 Å². The molecule has 32 heavy (non-hydrogen) atoms. The summed E-state index contributed by atoms with van der Waals surface area (Å²) in [5.41, 5.74) is 1.34. The highest BCUT2D eigenvalue weighted by atomic mass is 32.1. The lowest BCUT2D eigenvalue weighted by Crippen LogP contribution is -2.54. The number of para-hydroxylation sites is 1. The molecule has 2 aromatic heterocycles. The van der Waals surface area contributed by atoms with E-state index in [0.29, 0.717) is 19.5 Å². The first-order chi connectivity index (χ1) is 15.6. The zero-order valence-electron chi connectivity index (χ0n) is 18.0. The summed E-state index contributed by atoms with van der Waals surface area (Å²) in [7, 11) is 0. The van der Waals surface area contributed by atoms with Gasteiger partial charge in [0.2, 0.25) is 11.9 Å². The van der Waals surface area contributed by atoms with Crippen molar-refractivity contribution in [1.29, 1.82) is 0 Å². The Kier molecular flexibility index (Phi) is 5.57. The summed E-state index contributed by atoms with van der Waals surface area (Å²) < 4.78 is 1.15. The average molecular weight is 444 g/mol. The van der Waals surface area contributed by atoms with Crippen LogP contribution in [0.4, 0.5) is 5.95 Å². The number of anilines is 1. The van der Waals surface area contributed by atoms with Crippen molar-refractivity contribution in [2.24, 2.45) is 0 Å². The average Bonchev–Trinajstić information content (AvgIpc) is 3.27. The molecular weight excluding hydrogens is 418 g/mol. The molecule has 3 heterocycles. The SMILES string of the molecule is C[C@@](Cc1nc2ccccc2s1)(C(=O)N1CCN(c2ncccn2)CC1)c1ccccc1. The molecule has 5 rings (SSSR count). The number of nitrogens with zero attached hydrogens (tertiary/aromatic N) is 5. The molecule has 1 atom stereocenters. The summed E-state index contributed by atoms with van der Waals surface area (Å²) in [5, 5.41) is 0.988. The second kappa shape index (κ2) is 8.67. The van der Waals surface area contributed by atoms with Crippen molar-refractivity contribution in [3.8, 4) is 0 Å². The van der Waals surface area contributed by atoms with E-state index in [9.17, 15) is 4.79 Å². The molecule has 0 radical (unpaired) electrons. The van der Waals surface area contributed by atoms with Crippen molar-refractivity contribution < 1.29 is 4.79 Å². The maximum atomic E-state index is 13.9. The number of carbonyl (C=O) groups is 1. The molecule has 1 aliphatic heterocycles. The Labute approximate surface area is 191 Å². The Balaban J connectivity index is 1.40. The number of benzene rings is 2. The molecule has 1 amide bonds. The van der Waals surface area contributed by atoms with Gasteiger partial charge in [-0.2, -0.15) is 0 Å². The van der Waals surface area contributed by atoms with Gasteiger partial charge in [-0.25, -0.2) is 15.0 Å². The second-order valence-electron chi connectivity index (χ2n) is 8.28. The number of thiazole rings is 1. The molecule has 0 spiro atoms. The van der Waals surface area contributed by atoms with Gasteiger partial charge in [-0.1, -0.05) is 42.5 Å². The number of rotatable bonds is 5. The predicted molar refractivity (Wildman–Crippen MR) is 128 cm³/mol. The van der Waals surface area contributed by atoms with Crippen LogP contribution in [-0.2, 0) is 16.6 Å². The summed E-state index contributed by atoms with van der Waals surface area (Å²) in [4.78, 5) is 31.6. The zero-order chi connectivity index (χ0) is 22.0. The highest BCUT2D eigenvalue weighted by molar-refractivity contribution is 7.18. The van der Waals surface area contributed by atoms with Crippen LogP contribution in [-0.4, -0.2) is 51.9 Å². The van der Waals surface area contributed by atoms with Gasteiger partial charge < -0.3 is 9.80 Å². The Morgan fingerprint density at radius 1 is 0.938 bits per heavy atom. The molecule has 1 fully saturated rings. The third kappa shape index (κ3) is 3.96. The number of aromatic nitrogens is 3. The largest absolute Gasteiger partial charge is 0.338 e. The van der Waals surface area contributed by atoms with Gasteiger partial charge in [0, 0.05) is 45.0 Å². The summed E-state index contributed by atoms with van der Waals surface area (Å²) in [6.07, 6.45) is 4.09. The first-order valence-corrected chi connectivity index (χ1v) is 11.7. The maximum Gasteiger partial charge on any atom is 0.233 e. The highest BCUT2D eigenvalue weighted by Gasteiger charge is 2.40. The van der Waals surface area contributed by atoms with Crippen molar-refractivity contribution in [1.82, 2.24) is 19.9 Å². The molecule has 0 bridgehead atoms. The molecule has 0 unspecified atom stereocenters. The van der Waals surface area contributed by atoms with Crippen LogP contribution in [0.15, 0.2) is 73.1 Å². The van der Waals surface area contributed by atoms with E-state index in [0.717, 1.165) is 39.8 Å². The molecule has 0 N–H and O–H groups in total. The van der Waals surface area contributed by atoms with Gasteiger partial charge >= 0.3 is 0 Å². The van der Waals surface area contributed by atoms with Gasteiger partial charge in [-0.05, 0) is 30.7 Å². The van der Waals surface area contributed by atoms with E-state index in [1.165, 1.54) is 0 Å². The molecule has 2 aromatic carbocycles. The van der Waals surface area contributed by atoms with Gasteiger partial charge in [-0.3, -0.25) is 4.79 Å². The van der Waals surface area contributed by atoms with E-state index in [1.54, 1.807) is 23.7 Å². The van der Waals surface area contributed by atoms with Crippen molar-refractivity contribution >= 4 is 33.4 Å². The van der Waals surface area contributed by atoms with E-state index in [-0.39, 0.29) is 5.91 Å². The van der Waals surface area contributed by atoms with Gasteiger partial charge in [0.1, 0.15) is 0 Å². The smallest absolute Gasteiger partial charge is 0.233 e. The number of fused-ring (bicyclic) bond motifs is 1. The fraction of sp³-hybridized carbons (Fsp3) is 0.280. The number of piperazine rings is 1. The first kappa shape index (κ1) is 20.6. The van der Waals surface area contributed by atoms with E-state index in [2.05, 4.69) is 40.0 Å². The molecule has 1 saturated heterocycles. The minimum atomic E-state index is -0.680. The fourth-order valence-electron chi connectivity index (χ4n) is 4.32. The Bertz CT molecular complexity index is 1170. The van der Waals surface area contributed by atoms with Crippen molar-refractivity contribution in [3.63, 3.8) is 0 Å². The summed E-state index contributed by atoms with van der Waals surface area (Å²) >= 11 is 1.67. The van der Waals surface area contributed by atoms with Crippen LogP contribution < -0.4 is 4.90 Å². The normalized spacial score (nSPS) is 16.2.